The average molecular weight is 379 g/mol. The fourth-order valence-corrected chi connectivity index (χ4v) is 3.15. The number of nitrogens with zero attached hydrogens (tertiary/aromatic N) is 2. The lowest BCUT2D eigenvalue weighted by atomic mass is 10.2. The molecule has 0 saturated heterocycles. The zero-order valence-electron chi connectivity index (χ0n) is 13.7. The smallest absolute Gasteiger partial charge is 0.251 e. The average Bonchev–Trinajstić information content (AvgIpc) is 2.59. The van der Waals surface area contributed by atoms with Crippen LogP contribution < -0.4 is 9.62 Å². The van der Waals surface area contributed by atoms with Crippen molar-refractivity contribution in [3.05, 3.63) is 65.2 Å². The number of nitriles is 1. The van der Waals surface area contributed by atoms with E-state index in [0.717, 1.165) is 28.8 Å². The van der Waals surface area contributed by atoms with Gasteiger partial charge in [0.2, 0.25) is 10.0 Å². The predicted octanol–water partition coefficient (Wildman–Crippen LogP) is 2.03. The predicted molar refractivity (Wildman–Crippen MR) is 92.0 cm³/mol. The van der Waals surface area contributed by atoms with Crippen molar-refractivity contribution in [2.75, 3.05) is 23.7 Å². The second-order valence-electron chi connectivity index (χ2n) is 5.38. The third kappa shape index (κ3) is 4.77. The van der Waals surface area contributed by atoms with E-state index in [4.69, 9.17) is 5.26 Å². The molecule has 0 bridgehead atoms. The van der Waals surface area contributed by atoms with Gasteiger partial charge in [0.05, 0.1) is 30.1 Å². The van der Waals surface area contributed by atoms with E-state index >= 15 is 0 Å². The Bertz CT molecular complexity index is 971. The molecular formula is C17H15F2N3O3S. The summed E-state index contributed by atoms with van der Waals surface area (Å²) in [5.41, 5.74) is 0.497. The molecule has 2 aromatic carbocycles. The zero-order chi connectivity index (χ0) is 19.3. The van der Waals surface area contributed by atoms with Crippen molar-refractivity contribution in [3.8, 4) is 6.07 Å². The molecule has 0 aliphatic carbocycles. The molecule has 1 amide bonds. The number of benzene rings is 2. The molecule has 0 aromatic heterocycles. The van der Waals surface area contributed by atoms with E-state index in [1.165, 1.54) is 18.2 Å². The largest absolute Gasteiger partial charge is 0.350 e. The van der Waals surface area contributed by atoms with Crippen molar-refractivity contribution >= 4 is 21.6 Å². The number of sulfonamides is 1. The summed E-state index contributed by atoms with van der Waals surface area (Å²) in [6, 6.07) is 10.7. The highest BCUT2D eigenvalue weighted by atomic mass is 32.2. The molecule has 2 rings (SSSR count). The van der Waals surface area contributed by atoms with Crippen LogP contribution in [0.1, 0.15) is 15.9 Å². The van der Waals surface area contributed by atoms with Gasteiger partial charge in [0, 0.05) is 12.1 Å². The molecule has 136 valence electrons. The standard InChI is InChI=1S/C17H15F2N3O3S/c1-26(24,25)22(14-4-2-3-12(9-14)11-20)8-7-21-17(23)13-5-6-15(18)16(19)10-13/h2-6,9-10H,7-8H2,1H3,(H,21,23). The van der Waals surface area contributed by atoms with E-state index in [9.17, 15) is 22.0 Å². The summed E-state index contributed by atoms with van der Waals surface area (Å²) in [4.78, 5) is 12.0. The second kappa shape index (κ2) is 7.93. The van der Waals surface area contributed by atoms with Gasteiger partial charge in [-0.1, -0.05) is 6.07 Å². The number of carbonyl (C=O) groups excluding carboxylic acids is 1. The summed E-state index contributed by atoms with van der Waals surface area (Å²) in [7, 11) is -3.65. The van der Waals surface area contributed by atoms with Gasteiger partial charge in [-0.15, -0.1) is 0 Å². The summed E-state index contributed by atoms with van der Waals surface area (Å²) in [6.07, 6.45) is 1.00. The lowest BCUT2D eigenvalue weighted by molar-refractivity contribution is 0.0954. The lowest BCUT2D eigenvalue weighted by Gasteiger charge is -2.22. The van der Waals surface area contributed by atoms with Gasteiger partial charge < -0.3 is 5.32 Å². The molecule has 0 heterocycles. The van der Waals surface area contributed by atoms with Crippen LogP contribution in [-0.4, -0.2) is 33.7 Å². The number of nitrogens with one attached hydrogen (secondary N) is 1. The molecule has 26 heavy (non-hydrogen) atoms. The summed E-state index contributed by atoms with van der Waals surface area (Å²) in [5.74, 6) is -2.88. The molecule has 0 fully saturated rings. The third-order valence-electron chi connectivity index (χ3n) is 3.45. The maximum absolute atomic E-state index is 13.2. The summed E-state index contributed by atoms with van der Waals surface area (Å²) in [6.45, 7) is -0.162. The first kappa shape index (κ1) is 19.3. The minimum Gasteiger partial charge on any atom is -0.350 e. The Kier molecular flexibility index (Phi) is 5.90. The lowest BCUT2D eigenvalue weighted by Crippen LogP contribution is -2.38. The van der Waals surface area contributed by atoms with Crippen molar-refractivity contribution in [1.82, 2.24) is 5.32 Å². The highest BCUT2D eigenvalue weighted by molar-refractivity contribution is 7.92. The zero-order valence-corrected chi connectivity index (χ0v) is 14.6. The van der Waals surface area contributed by atoms with Crippen LogP contribution in [0.25, 0.3) is 0 Å². The molecule has 0 unspecified atom stereocenters. The summed E-state index contributed by atoms with van der Waals surface area (Å²) >= 11 is 0. The van der Waals surface area contributed by atoms with Crippen LogP contribution in [-0.2, 0) is 10.0 Å². The molecule has 1 N–H and O–H groups in total. The Morgan fingerprint density at radius 2 is 1.92 bits per heavy atom. The molecule has 0 aliphatic rings. The number of halogens is 2. The number of hydrogen-bond acceptors (Lipinski definition) is 4. The first-order chi connectivity index (χ1) is 12.2. The van der Waals surface area contributed by atoms with Gasteiger partial charge in [0.15, 0.2) is 11.6 Å². The Balaban J connectivity index is 2.09. The van der Waals surface area contributed by atoms with Crippen LogP contribution in [0.2, 0.25) is 0 Å². The van der Waals surface area contributed by atoms with Crippen molar-refractivity contribution < 1.29 is 22.0 Å². The van der Waals surface area contributed by atoms with Gasteiger partial charge in [-0.05, 0) is 36.4 Å². The normalized spacial score (nSPS) is 10.8. The number of amides is 1. The summed E-state index contributed by atoms with van der Waals surface area (Å²) < 4.78 is 51.1. The van der Waals surface area contributed by atoms with E-state index < -0.39 is 27.6 Å². The molecule has 0 spiro atoms. The molecule has 9 heteroatoms. The number of hydrogen-bond donors (Lipinski definition) is 1. The van der Waals surface area contributed by atoms with Gasteiger partial charge in [-0.3, -0.25) is 9.10 Å². The first-order valence-corrected chi connectivity index (χ1v) is 9.28. The molecule has 0 atom stereocenters. The second-order valence-corrected chi connectivity index (χ2v) is 7.29. The summed E-state index contributed by atoms with van der Waals surface area (Å²) in [5, 5.41) is 11.4. The molecule has 0 radical (unpaired) electrons. The van der Waals surface area contributed by atoms with Crippen molar-refractivity contribution in [3.63, 3.8) is 0 Å². The topological polar surface area (TPSA) is 90.3 Å². The maximum atomic E-state index is 13.2. The van der Waals surface area contributed by atoms with E-state index in [0.29, 0.717) is 5.56 Å². The Hall–Kier alpha value is -2.99. The Morgan fingerprint density at radius 1 is 1.19 bits per heavy atom. The van der Waals surface area contributed by atoms with Gasteiger partial charge in [-0.25, -0.2) is 17.2 Å². The van der Waals surface area contributed by atoms with Crippen LogP contribution in [0.4, 0.5) is 14.5 Å². The third-order valence-corrected chi connectivity index (χ3v) is 4.64. The van der Waals surface area contributed by atoms with Crippen LogP contribution in [0, 0.1) is 23.0 Å². The number of carbonyl (C=O) groups is 1. The Morgan fingerprint density at radius 3 is 2.54 bits per heavy atom. The van der Waals surface area contributed by atoms with Crippen molar-refractivity contribution in [1.29, 1.82) is 5.26 Å². The van der Waals surface area contributed by atoms with Gasteiger partial charge in [0.25, 0.3) is 5.91 Å². The van der Waals surface area contributed by atoms with Crippen molar-refractivity contribution in [2.24, 2.45) is 0 Å². The SMILES string of the molecule is CS(=O)(=O)N(CCNC(=O)c1ccc(F)c(F)c1)c1cccc(C#N)c1. The first-order valence-electron chi connectivity index (χ1n) is 7.43. The Labute approximate surface area is 149 Å². The maximum Gasteiger partial charge on any atom is 0.251 e. The molecule has 2 aromatic rings. The number of rotatable bonds is 6. The molecule has 0 aliphatic heterocycles. The highest BCUT2D eigenvalue weighted by Crippen LogP contribution is 2.18. The number of anilines is 1. The minimum absolute atomic E-state index is 0.0678. The van der Waals surface area contributed by atoms with Crippen LogP contribution >= 0.6 is 0 Å². The highest BCUT2D eigenvalue weighted by Gasteiger charge is 2.18. The fraction of sp³-hybridized carbons (Fsp3) is 0.176. The monoisotopic (exact) mass is 379 g/mol. The molecule has 6 nitrogen and oxygen atoms in total. The van der Waals surface area contributed by atoms with Gasteiger partial charge in [0.1, 0.15) is 0 Å². The van der Waals surface area contributed by atoms with E-state index in [1.54, 1.807) is 6.07 Å². The van der Waals surface area contributed by atoms with Gasteiger partial charge >= 0.3 is 0 Å². The van der Waals surface area contributed by atoms with Crippen LogP contribution in [0.3, 0.4) is 0 Å². The van der Waals surface area contributed by atoms with Gasteiger partial charge in [-0.2, -0.15) is 5.26 Å². The van der Waals surface area contributed by atoms with Crippen molar-refractivity contribution in [2.45, 2.75) is 0 Å². The minimum atomic E-state index is -3.65. The quantitative estimate of drug-likeness (QED) is 0.832. The van der Waals surface area contributed by atoms with Crippen LogP contribution in [0.5, 0.6) is 0 Å². The van der Waals surface area contributed by atoms with E-state index in [1.807, 2.05) is 6.07 Å². The van der Waals surface area contributed by atoms with Crippen LogP contribution in [0.15, 0.2) is 42.5 Å². The molecular weight excluding hydrogens is 364 g/mol. The fourth-order valence-electron chi connectivity index (χ4n) is 2.23. The molecule has 0 saturated carbocycles. The van der Waals surface area contributed by atoms with E-state index in [-0.39, 0.29) is 24.3 Å². The van der Waals surface area contributed by atoms with E-state index in [2.05, 4.69) is 5.32 Å².